The molecule has 6 heteroatoms. The topological polar surface area (TPSA) is 56.7 Å². The van der Waals surface area contributed by atoms with Crippen LogP contribution in [0.5, 0.6) is 0 Å². The molecule has 0 aliphatic heterocycles. The Morgan fingerprint density at radius 1 is 1.30 bits per heavy atom. The molecule has 0 radical (unpaired) electrons. The molecule has 5 nitrogen and oxygen atoms in total. The maximum atomic E-state index is 14.0. The maximum absolute atomic E-state index is 14.0. The molecule has 1 fully saturated rings. The summed E-state index contributed by atoms with van der Waals surface area (Å²) >= 11 is 0. The first kappa shape index (κ1) is 17.2. The van der Waals surface area contributed by atoms with Gasteiger partial charge in [-0.25, -0.2) is 4.39 Å². The summed E-state index contributed by atoms with van der Waals surface area (Å²) in [4.78, 5) is 17.3. The minimum atomic E-state index is -0.147. The van der Waals surface area contributed by atoms with E-state index in [1.807, 2.05) is 12.1 Å². The quantitative estimate of drug-likeness (QED) is 0.617. The van der Waals surface area contributed by atoms with Gasteiger partial charge in [0.25, 0.3) is 0 Å². The lowest BCUT2D eigenvalue weighted by atomic mass is 9.95. The number of carbonyl (C=O) groups is 1. The molecule has 0 unspecified atom stereocenters. The summed E-state index contributed by atoms with van der Waals surface area (Å²) in [7, 11) is 5.16. The highest BCUT2D eigenvalue weighted by atomic mass is 19.1. The van der Waals surface area contributed by atoms with Crippen molar-refractivity contribution in [2.24, 2.45) is 4.99 Å². The predicted octanol–water partition coefficient (Wildman–Crippen LogP) is 1.50. The molecule has 1 aliphatic carbocycles. The Kier molecular flexibility index (Phi) is 5.58. The van der Waals surface area contributed by atoms with E-state index in [9.17, 15) is 9.18 Å². The molecular weight excluding hydrogens is 295 g/mol. The Morgan fingerprint density at radius 3 is 2.57 bits per heavy atom. The van der Waals surface area contributed by atoms with E-state index in [2.05, 4.69) is 15.6 Å². The number of hydrogen-bond acceptors (Lipinski definition) is 2. The Bertz CT molecular complexity index is 582. The van der Waals surface area contributed by atoms with Crippen molar-refractivity contribution in [3.8, 4) is 0 Å². The second-order valence-corrected chi connectivity index (χ2v) is 6.15. The molecule has 126 valence electrons. The number of aliphatic imine (C=N–C) groups is 1. The van der Waals surface area contributed by atoms with Crippen LogP contribution in [0, 0.1) is 5.82 Å². The summed E-state index contributed by atoms with van der Waals surface area (Å²) in [5.41, 5.74) is 0.633. The fraction of sp³-hybridized carbons (Fsp3) is 0.529. The van der Waals surface area contributed by atoms with Gasteiger partial charge in [-0.2, -0.15) is 0 Å². The molecule has 1 aromatic rings. The summed E-state index contributed by atoms with van der Waals surface area (Å²) in [6.07, 6.45) is 2.35. The average Bonchev–Trinajstić information content (AvgIpc) is 3.31. The van der Waals surface area contributed by atoms with Crippen molar-refractivity contribution in [3.63, 3.8) is 0 Å². The van der Waals surface area contributed by atoms with Crippen LogP contribution in [0.1, 0.15) is 24.8 Å². The molecule has 1 saturated carbocycles. The standard InChI is InChI=1S/C17H25FN4O/c1-19-16(20-11-8-15(23)22(2)3)21-12-17(9-10-17)13-6-4-5-7-14(13)18/h4-7H,8-12H2,1-3H3,(H2,19,20,21). The molecule has 0 aromatic heterocycles. The third-order valence-corrected chi connectivity index (χ3v) is 4.25. The number of benzene rings is 1. The first-order valence-corrected chi connectivity index (χ1v) is 7.88. The number of rotatable bonds is 6. The molecule has 2 rings (SSSR count). The number of carbonyl (C=O) groups excluding carboxylic acids is 1. The average molecular weight is 320 g/mol. The van der Waals surface area contributed by atoms with E-state index in [1.54, 1.807) is 32.1 Å². The molecule has 1 aromatic carbocycles. The third kappa shape index (κ3) is 4.43. The van der Waals surface area contributed by atoms with Crippen molar-refractivity contribution in [1.82, 2.24) is 15.5 Å². The van der Waals surface area contributed by atoms with Crippen LogP contribution in [0.25, 0.3) is 0 Å². The van der Waals surface area contributed by atoms with Gasteiger partial charge in [-0.05, 0) is 24.5 Å². The number of hydrogen-bond donors (Lipinski definition) is 2. The fourth-order valence-electron chi connectivity index (χ4n) is 2.57. The van der Waals surface area contributed by atoms with Crippen LogP contribution in [0.3, 0.4) is 0 Å². The van der Waals surface area contributed by atoms with Gasteiger partial charge in [0.15, 0.2) is 5.96 Å². The van der Waals surface area contributed by atoms with Gasteiger partial charge >= 0.3 is 0 Å². The third-order valence-electron chi connectivity index (χ3n) is 4.25. The fourth-order valence-corrected chi connectivity index (χ4v) is 2.57. The highest BCUT2D eigenvalue weighted by Crippen LogP contribution is 2.48. The molecular formula is C17H25FN4O. The van der Waals surface area contributed by atoms with E-state index in [0.717, 1.165) is 18.4 Å². The Morgan fingerprint density at radius 2 is 2.00 bits per heavy atom. The van der Waals surface area contributed by atoms with Crippen LogP contribution in [0.15, 0.2) is 29.3 Å². The van der Waals surface area contributed by atoms with Crippen LogP contribution in [0.2, 0.25) is 0 Å². The van der Waals surface area contributed by atoms with Gasteiger partial charge < -0.3 is 15.5 Å². The Hall–Kier alpha value is -2.11. The number of nitrogens with one attached hydrogen (secondary N) is 2. The molecule has 23 heavy (non-hydrogen) atoms. The summed E-state index contributed by atoms with van der Waals surface area (Å²) < 4.78 is 14.0. The minimum absolute atomic E-state index is 0.0676. The smallest absolute Gasteiger partial charge is 0.223 e. The van der Waals surface area contributed by atoms with Crippen molar-refractivity contribution in [1.29, 1.82) is 0 Å². The van der Waals surface area contributed by atoms with Crippen LogP contribution in [0.4, 0.5) is 4.39 Å². The lowest BCUT2D eigenvalue weighted by Gasteiger charge is -2.19. The van der Waals surface area contributed by atoms with E-state index in [1.165, 1.54) is 6.07 Å². The highest BCUT2D eigenvalue weighted by molar-refractivity contribution is 5.81. The number of guanidine groups is 1. The van der Waals surface area contributed by atoms with E-state index in [0.29, 0.717) is 25.5 Å². The van der Waals surface area contributed by atoms with Crippen molar-refractivity contribution in [2.45, 2.75) is 24.7 Å². The molecule has 0 bridgehead atoms. The molecule has 1 amide bonds. The van der Waals surface area contributed by atoms with Crippen LogP contribution >= 0.6 is 0 Å². The second-order valence-electron chi connectivity index (χ2n) is 6.15. The summed E-state index contributed by atoms with van der Waals surface area (Å²) in [6.45, 7) is 1.15. The zero-order chi connectivity index (χ0) is 16.9. The normalized spacial score (nSPS) is 15.9. The van der Waals surface area contributed by atoms with Crippen LogP contribution in [-0.4, -0.2) is 51.0 Å². The van der Waals surface area contributed by atoms with Crippen molar-refractivity contribution < 1.29 is 9.18 Å². The Balaban J connectivity index is 1.84. The lowest BCUT2D eigenvalue weighted by molar-refractivity contribution is -0.128. The maximum Gasteiger partial charge on any atom is 0.223 e. The van der Waals surface area contributed by atoms with Crippen molar-refractivity contribution in [2.75, 3.05) is 34.2 Å². The van der Waals surface area contributed by atoms with Gasteiger partial charge in [-0.3, -0.25) is 9.79 Å². The van der Waals surface area contributed by atoms with E-state index >= 15 is 0 Å². The van der Waals surface area contributed by atoms with Gasteiger partial charge in [0.1, 0.15) is 5.82 Å². The highest BCUT2D eigenvalue weighted by Gasteiger charge is 2.45. The second kappa shape index (κ2) is 7.44. The zero-order valence-electron chi connectivity index (χ0n) is 14.0. The largest absolute Gasteiger partial charge is 0.356 e. The molecule has 0 atom stereocenters. The molecule has 2 N–H and O–H groups in total. The minimum Gasteiger partial charge on any atom is -0.356 e. The van der Waals surface area contributed by atoms with E-state index in [-0.39, 0.29) is 17.1 Å². The van der Waals surface area contributed by atoms with Crippen LogP contribution in [-0.2, 0) is 10.2 Å². The summed E-state index contributed by atoms with van der Waals surface area (Å²) in [5, 5.41) is 6.37. The van der Waals surface area contributed by atoms with E-state index < -0.39 is 0 Å². The SMILES string of the molecule is CN=C(NCCC(=O)N(C)C)NCC1(c2ccccc2F)CC1. The zero-order valence-corrected chi connectivity index (χ0v) is 14.0. The van der Waals surface area contributed by atoms with Gasteiger partial charge in [0, 0.05) is 46.1 Å². The molecule has 0 spiro atoms. The predicted molar refractivity (Wildman–Crippen MR) is 90.0 cm³/mol. The van der Waals surface area contributed by atoms with E-state index in [4.69, 9.17) is 0 Å². The van der Waals surface area contributed by atoms with Crippen molar-refractivity contribution >= 4 is 11.9 Å². The van der Waals surface area contributed by atoms with Gasteiger partial charge in [-0.1, -0.05) is 18.2 Å². The summed E-state index contributed by atoms with van der Waals surface area (Å²) in [5.74, 6) is 0.559. The Labute approximate surface area is 137 Å². The van der Waals surface area contributed by atoms with Gasteiger partial charge in [0.05, 0.1) is 0 Å². The molecule has 0 saturated heterocycles. The van der Waals surface area contributed by atoms with Crippen LogP contribution < -0.4 is 10.6 Å². The number of amides is 1. The van der Waals surface area contributed by atoms with Gasteiger partial charge in [-0.15, -0.1) is 0 Å². The van der Waals surface area contributed by atoms with Crippen molar-refractivity contribution in [3.05, 3.63) is 35.6 Å². The van der Waals surface area contributed by atoms with Gasteiger partial charge in [0.2, 0.25) is 5.91 Å². The monoisotopic (exact) mass is 320 g/mol. The first-order chi connectivity index (χ1) is 11.0. The summed E-state index contributed by atoms with van der Waals surface area (Å²) in [6, 6.07) is 6.95. The number of nitrogens with zero attached hydrogens (tertiary/aromatic N) is 2. The lowest BCUT2D eigenvalue weighted by Crippen LogP contribution is -2.42. The molecule has 0 heterocycles. The number of halogens is 1. The first-order valence-electron chi connectivity index (χ1n) is 7.88. The molecule has 1 aliphatic rings.